The van der Waals surface area contributed by atoms with Gasteiger partial charge in [-0.3, -0.25) is 0 Å². The second-order valence-electron chi connectivity index (χ2n) is 7.00. The molecule has 4 rings (SSSR count). The topological polar surface area (TPSA) is 206 Å². The Hall–Kier alpha value is -3.04. The number of nitrogens with one attached hydrogen (secondary N) is 1. The standard InChI is InChI=1S/C18H19N7O5S2/c19-6-10(26)7-31(27,28)14-5-4-11(12-2-1-3-13-16(12)22-8-21-13)15(17(14)32(20,29)30)18-23-9-24-25-18/h1-5,8,10,26H,6-7,9,19H2,(H,21,22)(H2,20,29,30)/t10-/m1/s1. The summed E-state index contributed by atoms with van der Waals surface area (Å²) < 4.78 is 51.4. The largest absolute Gasteiger partial charge is 0.391 e. The Morgan fingerprint density at radius 3 is 2.56 bits per heavy atom. The molecular weight excluding hydrogens is 458 g/mol. The van der Waals surface area contributed by atoms with Crippen LogP contribution in [0.3, 0.4) is 0 Å². The fourth-order valence-electron chi connectivity index (χ4n) is 3.49. The number of H-pyrrole nitrogens is 1. The molecule has 0 saturated carbocycles. The molecule has 0 unspecified atom stereocenters. The number of aromatic amines is 1. The van der Waals surface area contributed by atoms with Crippen LogP contribution in [0.25, 0.3) is 22.2 Å². The minimum absolute atomic E-state index is 0.0473. The van der Waals surface area contributed by atoms with Crippen molar-refractivity contribution in [3.63, 3.8) is 0 Å². The van der Waals surface area contributed by atoms with E-state index in [9.17, 15) is 21.9 Å². The first kappa shape index (κ1) is 22.2. The number of aliphatic hydroxyl groups is 1. The lowest BCUT2D eigenvalue weighted by atomic mass is 9.97. The van der Waals surface area contributed by atoms with Gasteiger partial charge in [0.05, 0.1) is 39.7 Å². The van der Waals surface area contributed by atoms with Crippen LogP contribution in [0.4, 0.5) is 0 Å². The number of rotatable bonds is 7. The van der Waals surface area contributed by atoms with Crippen molar-refractivity contribution in [2.45, 2.75) is 15.9 Å². The highest BCUT2D eigenvalue weighted by atomic mass is 32.2. The molecule has 1 atom stereocenters. The number of hydrogen-bond donors (Lipinski definition) is 4. The van der Waals surface area contributed by atoms with E-state index < -0.39 is 41.5 Å². The van der Waals surface area contributed by atoms with E-state index in [0.717, 1.165) is 6.07 Å². The van der Waals surface area contributed by atoms with Gasteiger partial charge in [0.25, 0.3) is 0 Å². The number of aromatic nitrogens is 2. The lowest BCUT2D eigenvalue weighted by Crippen LogP contribution is -2.30. The van der Waals surface area contributed by atoms with E-state index in [0.29, 0.717) is 22.2 Å². The number of nitrogens with two attached hydrogens (primary N) is 2. The summed E-state index contributed by atoms with van der Waals surface area (Å²) in [5, 5.41) is 23.0. The van der Waals surface area contributed by atoms with Crippen molar-refractivity contribution in [1.29, 1.82) is 0 Å². The van der Waals surface area contributed by atoms with E-state index in [2.05, 4.69) is 25.2 Å². The average Bonchev–Trinajstić information content (AvgIpc) is 3.43. The van der Waals surface area contributed by atoms with Crippen molar-refractivity contribution >= 4 is 36.7 Å². The molecule has 0 fully saturated rings. The Morgan fingerprint density at radius 1 is 1.12 bits per heavy atom. The summed E-state index contributed by atoms with van der Waals surface area (Å²) in [6.07, 6.45) is 0.0895. The van der Waals surface area contributed by atoms with Gasteiger partial charge in [0.1, 0.15) is 4.90 Å². The Morgan fingerprint density at radius 2 is 1.91 bits per heavy atom. The van der Waals surface area contributed by atoms with E-state index in [1.165, 1.54) is 12.4 Å². The second kappa shape index (κ2) is 8.14. The molecule has 0 bridgehead atoms. The number of amidine groups is 1. The molecule has 1 aliphatic rings. The second-order valence-corrected chi connectivity index (χ2v) is 10.5. The predicted molar refractivity (Wildman–Crippen MR) is 116 cm³/mol. The Kier molecular flexibility index (Phi) is 5.64. The number of fused-ring (bicyclic) bond motifs is 1. The first-order valence-corrected chi connectivity index (χ1v) is 12.5. The molecule has 0 spiro atoms. The van der Waals surface area contributed by atoms with Gasteiger partial charge in [-0.15, -0.1) is 5.11 Å². The molecule has 1 aliphatic heterocycles. The molecule has 0 amide bonds. The summed E-state index contributed by atoms with van der Waals surface area (Å²) in [6, 6.07) is 7.79. The van der Waals surface area contributed by atoms with Gasteiger partial charge >= 0.3 is 0 Å². The molecule has 32 heavy (non-hydrogen) atoms. The molecule has 12 nitrogen and oxygen atoms in total. The number of para-hydroxylation sites is 1. The Bertz CT molecular complexity index is 1480. The van der Waals surface area contributed by atoms with Crippen LogP contribution in [0.2, 0.25) is 0 Å². The van der Waals surface area contributed by atoms with Crippen LogP contribution in [-0.4, -0.2) is 62.8 Å². The number of benzene rings is 2. The molecular formula is C18H19N7O5S2. The molecule has 0 saturated heterocycles. The lowest BCUT2D eigenvalue weighted by molar-refractivity contribution is 0.205. The highest BCUT2D eigenvalue weighted by Crippen LogP contribution is 2.37. The van der Waals surface area contributed by atoms with Crippen molar-refractivity contribution < 1.29 is 21.9 Å². The predicted octanol–water partition coefficient (Wildman–Crippen LogP) is 0.141. The monoisotopic (exact) mass is 477 g/mol. The maximum atomic E-state index is 13.0. The fraction of sp³-hybridized carbons (Fsp3) is 0.222. The van der Waals surface area contributed by atoms with Crippen molar-refractivity contribution in [2.24, 2.45) is 26.1 Å². The third-order valence-corrected chi connectivity index (χ3v) is 7.79. The number of sulfone groups is 1. The summed E-state index contributed by atoms with van der Waals surface area (Å²) >= 11 is 0. The third kappa shape index (κ3) is 3.93. The Labute approximate surface area is 183 Å². The van der Waals surface area contributed by atoms with E-state index in [1.807, 2.05) is 0 Å². The lowest BCUT2D eigenvalue weighted by Gasteiger charge is -2.18. The van der Waals surface area contributed by atoms with Gasteiger partial charge < -0.3 is 15.8 Å². The molecule has 2 aromatic carbocycles. The van der Waals surface area contributed by atoms with Crippen LogP contribution in [-0.2, 0) is 19.9 Å². The zero-order valence-corrected chi connectivity index (χ0v) is 18.1. The van der Waals surface area contributed by atoms with Gasteiger partial charge in [-0.05, 0) is 17.7 Å². The van der Waals surface area contributed by atoms with Crippen molar-refractivity contribution in [3.8, 4) is 11.1 Å². The highest BCUT2D eigenvalue weighted by molar-refractivity contribution is 7.93. The normalized spacial score (nSPS) is 15.3. The van der Waals surface area contributed by atoms with Crippen molar-refractivity contribution in [1.82, 2.24) is 9.97 Å². The molecule has 6 N–H and O–H groups in total. The number of primary sulfonamides is 1. The summed E-state index contributed by atoms with van der Waals surface area (Å²) in [5.41, 5.74) is 7.27. The molecule has 1 aromatic heterocycles. The zero-order chi connectivity index (χ0) is 23.1. The third-order valence-electron chi connectivity index (χ3n) is 4.84. The van der Waals surface area contributed by atoms with Crippen LogP contribution < -0.4 is 10.9 Å². The SMILES string of the molecule is NC[C@@H](O)CS(=O)(=O)c1ccc(-c2cccc3[nH]cnc23)c(C2=NCN=N2)c1S(N)(=O)=O. The number of imidazole rings is 1. The molecule has 0 radical (unpaired) electrons. The quantitative estimate of drug-likeness (QED) is 0.370. The van der Waals surface area contributed by atoms with E-state index in [-0.39, 0.29) is 24.6 Å². The Balaban J connectivity index is 2.10. The van der Waals surface area contributed by atoms with Gasteiger partial charge in [0, 0.05) is 12.1 Å². The molecule has 2 heterocycles. The minimum atomic E-state index is -4.60. The molecule has 168 valence electrons. The average molecular weight is 478 g/mol. The van der Waals surface area contributed by atoms with Gasteiger partial charge in [0.2, 0.25) is 10.0 Å². The van der Waals surface area contributed by atoms with Gasteiger partial charge in [-0.1, -0.05) is 18.2 Å². The fourth-order valence-corrected chi connectivity index (χ4v) is 6.53. The van der Waals surface area contributed by atoms with Crippen LogP contribution in [0.5, 0.6) is 0 Å². The van der Waals surface area contributed by atoms with E-state index in [1.54, 1.807) is 18.2 Å². The van der Waals surface area contributed by atoms with Crippen LogP contribution in [0, 0.1) is 0 Å². The number of hydrogen-bond acceptors (Lipinski definition) is 10. The van der Waals surface area contributed by atoms with E-state index in [4.69, 9.17) is 10.9 Å². The van der Waals surface area contributed by atoms with Crippen LogP contribution in [0.1, 0.15) is 5.56 Å². The maximum Gasteiger partial charge on any atom is 0.240 e. The highest BCUT2D eigenvalue weighted by Gasteiger charge is 2.33. The number of azo groups is 1. The number of aliphatic imine (C=N–C) groups is 1. The summed E-state index contributed by atoms with van der Waals surface area (Å²) in [4.78, 5) is 10.1. The summed E-state index contributed by atoms with van der Waals surface area (Å²) in [5.74, 6) is -0.860. The smallest absolute Gasteiger partial charge is 0.240 e. The zero-order valence-electron chi connectivity index (χ0n) is 16.5. The molecule has 3 aromatic rings. The first-order valence-electron chi connectivity index (χ1n) is 9.29. The summed E-state index contributed by atoms with van der Waals surface area (Å²) in [7, 11) is -8.91. The first-order chi connectivity index (χ1) is 15.1. The molecule has 0 aliphatic carbocycles. The maximum absolute atomic E-state index is 13.0. The van der Waals surface area contributed by atoms with Crippen molar-refractivity contribution in [2.75, 3.05) is 19.0 Å². The van der Waals surface area contributed by atoms with Crippen molar-refractivity contribution in [3.05, 3.63) is 42.2 Å². The minimum Gasteiger partial charge on any atom is -0.391 e. The van der Waals surface area contributed by atoms with Gasteiger partial charge in [-0.25, -0.2) is 32.0 Å². The van der Waals surface area contributed by atoms with Gasteiger partial charge in [0.15, 0.2) is 22.3 Å². The molecule has 14 heteroatoms. The van der Waals surface area contributed by atoms with Crippen LogP contribution in [0.15, 0.2) is 61.7 Å². The number of sulfonamides is 1. The van der Waals surface area contributed by atoms with Crippen LogP contribution >= 0.6 is 0 Å². The van der Waals surface area contributed by atoms with Gasteiger partial charge in [-0.2, -0.15) is 5.11 Å². The number of nitrogens with zero attached hydrogens (tertiary/aromatic N) is 4. The summed E-state index contributed by atoms with van der Waals surface area (Å²) in [6.45, 7) is -0.370. The van der Waals surface area contributed by atoms with E-state index >= 15 is 0 Å². The number of aliphatic hydroxyl groups excluding tert-OH is 1.